The monoisotopic (exact) mass is 377 g/mol. The summed E-state index contributed by atoms with van der Waals surface area (Å²) in [5.74, 6) is -0.583. The van der Waals surface area contributed by atoms with Crippen LogP contribution in [0.25, 0.3) is 10.9 Å². The highest BCUT2D eigenvalue weighted by Crippen LogP contribution is 2.30. The fourth-order valence-corrected chi connectivity index (χ4v) is 3.07. The number of hydrogen-bond donors (Lipinski definition) is 1. The van der Waals surface area contributed by atoms with Gasteiger partial charge in [0.05, 0.1) is 19.0 Å². The molecule has 0 atom stereocenters. The molecule has 0 bridgehead atoms. The Kier molecular flexibility index (Phi) is 5.67. The smallest absolute Gasteiger partial charge is 0.307 e. The molecule has 0 aliphatic carbocycles. The van der Waals surface area contributed by atoms with E-state index in [4.69, 9.17) is 16.3 Å². The molecule has 0 unspecified atom stereocenters. The summed E-state index contributed by atoms with van der Waals surface area (Å²) in [7, 11) is 1.54. The van der Waals surface area contributed by atoms with Crippen LogP contribution < -0.4 is 4.74 Å². The van der Waals surface area contributed by atoms with E-state index >= 15 is 0 Å². The Morgan fingerprint density at radius 1 is 1.15 bits per heavy atom. The molecule has 7 heteroatoms. The number of benzene rings is 2. The standard InChI is InChI=1S/C19H16ClNO4.FH/c1-11-15(10-18(22)23)16-9-14(25-2)7-8-17(16)21(11)19(24)12-3-5-13(20)6-4-12;/h3-9H,10H2,1-2H3,(H,22,23);1H. The molecular weight excluding hydrogens is 361 g/mol. The number of carbonyl (C=O) groups is 2. The summed E-state index contributed by atoms with van der Waals surface area (Å²) < 4.78 is 6.77. The van der Waals surface area contributed by atoms with Crippen LogP contribution in [0.3, 0.4) is 0 Å². The molecule has 1 heterocycles. The van der Waals surface area contributed by atoms with Crippen molar-refractivity contribution in [2.75, 3.05) is 7.11 Å². The molecule has 1 N–H and O–H groups in total. The zero-order valence-electron chi connectivity index (χ0n) is 14.2. The van der Waals surface area contributed by atoms with E-state index in [1.807, 2.05) is 0 Å². The third-order valence-electron chi connectivity index (χ3n) is 4.16. The molecule has 26 heavy (non-hydrogen) atoms. The van der Waals surface area contributed by atoms with Crippen LogP contribution in [0.2, 0.25) is 5.02 Å². The molecule has 1 aromatic heterocycles. The van der Waals surface area contributed by atoms with Crippen LogP contribution in [-0.2, 0) is 11.2 Å². The summed E-state index contributed by atoms with van der Waals surface area (Å²) >= 11 is 5.89. The van der Waals surface area contributed by atoms with E-state index in [9.17, 15) is 14.7 Å². The summed E-state index contributed by atoms with van der Waals surface area (Å²) in [6.45, 7) is 1.75. The van der Waals surface area contributed by atoms with Crippen LogP contribution in [0, 0.1) is 6.92 Å². The first-order valence-corrected chi connectivity index (χ1v) is 8.00. The van der Waals surface area contributed by atoms with Crippen molar-refractivity contribution in [3.8, 4) is 5.75 Å². The van der Waals surface area contributed by atoms with Gasteiger partial charge in [-0.25, -0.2) is 0 Å². The van der Waals surface area contributed by atoms with Gasteiger partial charge < -0.3 is 9.84 Å². The maximum Gasteiger partial charge on any atom is 0.307 e. The van der Waals surface area contributed by atoms with Crippen LogP contribution in [0.1, 0.15) is 21.6 Å². The van der Waals surface area contributed by atoms with Crippen LogP contribution in [0.4, 0.5) is 4.70 Å². The van der Waals surface area contributed by atoms with E-state index in [2.05, 4.69) is 0 Å². The van der Waals surface area contributed by atoms with Crippen LogP contribution in [-0.4, -0.2) is 28.7 Å². The molecule has 0 spiro atoms. The van der Waals surface area contributed by atoms with Gasteiger partial charge in [-0.15, -0.1) is 0 Å². The number of carboxylic acid groups (broad SMARTS) is 1. The molecule has 0 saturated heterocycles. The summed E-state index contributed by atoms with van der Waals surface area (Å²) in [6, 6.07) is 11.9. The molecule has 3 rings (SSSR count). The van der Waals surface area contributed by atoms with Crippen molar-refractivity contribution >= 4 is 34.4 Å². The molecular formula is C19H17ClFNO4. The molecule has 0 saturated carbocycles. The van der Waals surface area contributed by atoms with E-state index in [0.29, 0.717) is 38.5 Å². The van der Waals surface area contributed by atoms with Crippen molar-refractivity contribution in [1.82, 2.24) is 4.57 Å². The number of nitrogens with zero attached hydrogens (tertiary/aromatic N) is 1. The lowest BCUT2D eigenvalue weighted by molar-refractivity contribution is -0.136. The van der Waals surface area contributed by atoms with Crippen molar-refractivity contribution in [3.05, 3.63) is 64.3 Å². The molecule has 136 valence electrons. The van der Waals surface area contributed by atoms with Crippen molar-refractivity contribution < 1.29 is 24.1 Å². The molecule has 0 amide bonds. The van der Waals surface area contributed by atoms with Gasteiger partial charge in [-0.05, 0) is 55.0 Å². The zero-order chi connectivity index (χ0) is 18.1. The minimum absolute atomic E-state index is 0. The predicted molar refractivity (Wildman–Crippen MR) is 98.3 cm³/mol. The third-order valence-corrected chi connectivity index (χ3v) is 4.42. The lowest BCUT2D eigenvalue weighted by Crippen LogP contribution is -2.14. The van der Waals surface area contributed by atoms with Gasteiger partial charge in [-0.1, -0.05) is 11.6 Å². The second kappa shape index (κ2) is 7.58. The molecule has 2 aromatic carbocycles. The molecule has 0 fully saturated rings. The van der Waals surface area contributed by atoms with Crippen molar-refractivity contribution in [1.29, 1.82) is 0 Å². The first-order valence-electron chi connectivity index (χ1n) is 7.62. The van der Waals surface area contributed by atoms with E-state index in [1.54, 1.807) is 56.5 Å². The SMILES string of the molecule is COc1ccc2c(c1)c(CC(=O)O)c(C)n2C(=O)c1ccc(Cl)cc1.F. The molecule has 3 aromatic rings. The Balaban J connectivity index is 0.00000243. The van der Waals surface area contributed by atoms with E-state index in [-0.39, 0.29) is 17.0 Å². The first-order chi connectivity index (χ1) is 11.9. The van der Waals surface area contributed by atoms with Gasteiger partial charge in [0.25, 0.3) is 5.91 Å². The number of rotatable bonds is 4. The molecule has 0 aliphatic heterocycles. The minimum Gasteiger partial charge on any atom is -0.497 e. The van der Waals surface area contributed by atoms with E-state index < -0.39 is 5.97 Å². The van der Waals surface area contributed by atoms with Gasteiger partial charge in [0.15, 0.2) is 0 Å². The van der Waals surface area contributed by atoms with Crippen LogP contribution in [0.15, 0.2) is 42.5 Å². The lowest BCUT2D eigenvalue weighted by Gasteiger charge is -2.08. The second-order valence-electron chi connectivity index (χ2n) is 5.67. The largest absolute Gasteiger partial charge is 0.497 e. The van der Waals surface area contributed by atoms with Gasteiger partial charge in [0.1, 0.15) is 5.75 Å². The Morgan fingerprint density at radius 2 is 1.81 bits per heavy atom. The normalized spacial score (nSPS) is 10.4. The third kappa shape index (κ3) is 3.41. The average molecular weight is 378 g/mol. The van der Waals surface area contributed by atoms with Gasteiger partial charge >= 0.3 is 5.97 Å². The Labute approximate surface area is 154 Å². The number of aromatic nitrogens is 1. The molecule has 0 radical (unpaired) electrons. The number of ether oxygens (including phenoxy) is 1. The van der Waals surface area contributed by atoms with Crippen molar-refractivity contribution in [2.24, 2.45) is 0 Å². The van der Waals surface area contributed by atoms with Gasteiger partial charge in [-0.3, -0.25) is 18.9 Å². The summed E-state index contributed by atoms with van der Waals surface area (Å²) in [5.41, 5.74) is 2.32. The number of carboxylic acids is 1. The number of carbonyl (C=O) groups excluding carboxylic acids is 1. The molecule has 0 aliphatic rings. The second-order valence-corrected chi connectivity index (χ2v) is 6.10. The van der Waals surface area contributed by atoms with E-state index in [1.165, 1.54) is 4.57 Å². The van der Waals surface area contributed by atoms with Gasteiger partial charge in [0.2, 0.25) is 0 Å². The van der Waals surface area contributed by atoms with Crippen molar-refractivity contribution in [3.63, 3.8) is 0 Å². The number of fused-ring (bicyclic) bond motifs is 1. The number of hydrogen-bond acceptors (Lipinski definition) is 3. The number of halogens is 2. The topological polar surface area (TPSA) is 68.5 Å². The Bertz CT molecular complexity index is 979. The highest BCUT2D eigenvalue weighted by Gasteiger charge is 2.21. The number of aliphatic carboxylic acids is 1. The maximum atomic E-state index is 13.0. The fourth-order valence-electron chi connectivity index (χ4n) is 2.95. The lowest BCUT2D eigenvalue weighted by atomic mass is 10.1. The highest BCUT2D eigenvalue weighted by atomic mass is 35.5. The summed E-state index contributed by atoms with van der Waals surface area (Å²) in [6.07, 6.45) is -0.170. The fraction of sp³-hybridized carbons (Fsp3) is 0.158. The van der Waals surface area contributed by atoms with E-state index in [0.717, 1.165) is 0 Å². The minimum atomic E-state index is -0.955. The van der Waals surface area contributed by atoms with Gasteiger partial charge in [-0.2, -0.15) is 0 Å². The summed E-state index contributed by atoms with van der Waals surface area (Å²) in [4.78, 5) is 24.3. The zero-order valence-corrected chi connectivity index (χ0v) is 14.9. The highest BCUT2D eigenvalue weighted by molar-refractivity contribution is 6.30. The van der Waals surface area contributed by atoms with Gasteiger partial charge in [0, 0.05) is 21.7 Å². The van der Waals surface area contributed by atoms with Crippen LogP contribution >= 0.6 is 11.6 Å². The number of methoxy groups -OCH3 is 1. The summed E-state index contributed by atoms with van der Waals surface area (Å²) in [5, 5.41) is 10.5. The maximum absolute atomic E-state index is 13.0. The molecule has 5 nitrogen and oxygen atoms in total. The van der Waals surface area contributed by atoms with Crippen LogP contribution in [0.5, 0.6) is 5.75 Å². The Morgan fingerprint density at radius 3 is 2.38 bits per heavy atom. The Hall–Kier alpha value is -2.86. The predicted octanol–water partition coefficient (Wildman–Crippen LogP) is 4.08. The quantitative estimate of drug-likeness (QED) is 0.743. The first kappa shape index (κ1) is 19.5. The average Bonchev–Trinajstić information content (AvgIpc) is 2.86. The van der Waals surface area contributed by atoms with Crippen molar-refractivity contribution in [2.45, 2.75) is 13.3 Å².